The molecule has 2 aliphatic rings. The molecule has 0 aromatic heterocycles. The van der Waals surface area contributed by atoms with Crippen molar-refractivity contribution in [3.8, 4) is 0 Å². The molecule has 4 heteroatoms. The number of nitrogens with zero attached hydrogens (tertiary/aromatic N) is 1. The Kier molecular flexibility index (Phi) is 4.87. The molecule has 2 rings (SSSR count). The molecule has 3 atom stereocenters. The number of rotatable bonds is 2. The van der Waals surface area contributed by atoms with E-state index in [1.165, 1.54) is 12.8 Å². The Morgan fingerprint density at radius 2 is 2.22 bits per heavy atom. The van der Waals surface area contributed by atoms with Crippen LogP contribution in [0.4, 0.5) is 4.79 Å². The second-order valence-corrected chi connectivity index (χ2v) is 6.11. The van der Waals surface area contributed by atoms with Crippen LogP contribution in [-0.2, 0) is 0 Å². The van der Waals surface area contributed by atoms with Gasteiger partial charge in [-0.15, -0.1) is 0 Å². The van der Waals surface area contributed by atoms with Crippen LogP contribution in [0.1, 0.15) is 33.1 Å². The molecule has 2 N–H and O–H groups in total. The molecule has 0 spiro atoms. The third-order valence-corrected chi connectivity index (χ3v) is 4.42. The molecule has 18 heavy (non-hydrogen) atoms. The van der Waals surface area contributed by atoms with Crippen molar-refractivity contribution in [1.82, 2.24) is 15.5 Å². The molecule has 0 aromatic carbocycles. The second-order valence-electron chi connectivity index (χ2n) is 6.11. The van der Waals surface area contributed by atoms with Crippen LogP contribution in [0, 0.1) is 17.8 Å². The first kappa shape index (κ1) is 13.7. The highest BCUT2D eigenvalue weighted by molar-refractivity contribution is 5.74. The van der Waals surface area contributed by atoms with Crippen molar-refractivity contribution in [2.75, 3.05) is 32.7 Å². The minimum atomic E-state index is 0.146. The molecule has 3 unspecified atom stereocenters. The maximum atomic E-state index is 12.1. The van der Waals surface area contributed by atoms with E-state index in [9.17, 15) is 4.79 Å². The van der Waals surface area contributed by atoms with E-state index in [4.69, 9.17) is 0 Å². The predicted molar refractivity (Wildman–Crippen MR) is 73.5 cm³/mol. The molecule has 2 aliphatic heterocycles. The molecule has 0 saturated carbocycles. The fourth-order valence-corrected chi connectivity index (χ4v) is 3.08. The molecule has 0 bridgehead atoms. The topological polar surface area (TPSA) is 44.4 Å². The lowest BCUT2D eigenvalue weighted by molar-refractivity contribution is 0.164. The molecule has 2 saturated heterocycles. The van der Waals surface area contributed by atoms with Gasteiger partial charge in [-0.2, -0.15) is 0 Å². The molecule has 4 nitrogen and oxygen atoms in total. The van der Waals surface area contributed by atoms with Gasteiger partial charge in [0.15, 0.2) is 0 Å². The molecular formula is C14H27N3O. The van der Waals surface area contributed by atoms with Crippen molar-refractivity contribution < 1.29 is 4.79 Å². The summed E-state index contributed by atoms with van der Waals surface area (Å²) in [5, 5.41) is 6.53. The summed E-state index contributed by atoms with van der Waals surface area (Å²) in [7, 11) is 0. The van der Waals surface area contributed by atoms with Crippen LogP contribution in [0.5, 0.6) is 0 Å². The van der Waals surface area contributed by atoms with Gasteiger partial charge in [0.25, 0.3) is 0 Å². The largest absolute Gasteiger partial charge is 0.338 e. The molecule has 104 valence electrons. The lowest BCUT2D eigenvalue weighted by atomic mass is 9.88. The van der Waals surface area contributed by atoms with Crippen LogP contribution in [-0.4, -0.2) is 43.7 Å². The predicted octanol–water partition coefficient (Wildman–Crippen LogP) is 1.67. The highest BCUT2D eigenvalue weighted by Crippen LogP contribution is 2.18. The minimum absolute atomic E-state index is 0.146. The number of hydrogen-bond acceptors (Lipinski definition) is 2. The summed E-state index contributed by atoms with van der Waals surface area (Å²) in [5.41, 5.74) is 0. The third-order valence-electron chi connectivity index (χ3n) is 4.42. The van der Waals surface area contributed by atoms with E-state index in [0.29, 0.717) is 17.8 Å². The number of carbonyl (C=O) groups excluding carboxylic acids is 1. The molecule has 0 radical (unpaired) electrons. The van der Waals surface area contributed by atoms with Gasteiger partial charge in [-0.25, -0.2) is 4.79 Å². The van der Waals surface area contributed by atoms with Gasteiger partial charge < -0.3 is 15.5 Å². The van der Waals surface area contributed by atoms with Gasteiger partial charge in [-0.1, -0.05) is 13.8 Å². The minimum Gasteiger partial charge on any atom is -0.338 e. The number of carbonyl (C=O) groups is 1. The summed E-state index contributed by atoms with van der Waals surface area (Å²) in [6.45, 7) is 9.37. The quantitative estimate of drug-likeness (QED) is 0.786. The summed E-state index contributed by atoms with van der Waals surface area (Å²) < 4.78 is 0. The first-order valence-electron chi connectivity index (χ1n) is 7.40. The number of likely N-dealkylation sites (tertiary alicyclic amines) is 1. The number of urea groups is 1. The van der Waals surface area contributed by atoms with Crippen molar-refractivity contribution in [2.45, 2.75) is 33.1 Å². The first-order valence-corrected chi connectivity index (χ1v) is 7.40. The van der Waals surface area contributed by atoms with Crippen molar-refractivity contribution in [1.29, 1.82) is 0 Å². The summed E-state index contributed by atoms with van der Waals surface area (Å²) in [6, 6.07) is 0.146. The van der Waals surface area contributed by atoms with Gasteiger partial charge in [0.2, 0.25) is 0 Å². The average Bonchev–Trinajstić information content (AvgIpc) is 2.37. The van der Waals surface area contributed by atoms with E-state index in [1.54, 1.807) is 0 Å². The van der Waals surface area contributed by atoms with Crippen LogP contribution in [0.15, 0.2) is 0 Å². The van der Waals surface area contributed by atoms with Crippen LogP contribution in [0.3, 0.4) is 0 Å². The Hall–Kier alpha value is -0.770. The number of hydrogen-bond donors (Lipinski definition) is 2. The second kappa shape index (κ2) is 6.41. The van der Waals surface area contributed by atoms with E-state index in [0.717, 1.165) is 39.1 Å². The Morgan fingerprint density at radius 1 is 1.39 bits per heavy atom. The lowest BCUT2D eigenvalue weighted by Gasteiger charge is -2.33. The van der Waals surface area contributed by atoms with Crippen LogP contribution in [0.2, 0.25) is 0 Å². The Balaban J connectivity index is 1.73. The van der Waals surface area contributed by atoms with Crippen molar-refractivity contribution in [3.05, 3.63) is 0 Å². The molecule has 2 fully saturated rings. The van der Waals surface area contributed by atoms with Gasteiger partial charge >= 0.3 is 6.03 Å². The summed E-state index contributed by atoms with van der Waals surface area (Å²) >= 11 is 0. The van der Waals surface area contributed by atoms with E-state index in [1.807, 2.05) is 4.90 Å². The van der Waals surface area contributed by atoms with Gasteiger partial charge in [-0.3, -0.25) is 0 Å². The normalized spacial score (nSPS) is 33.2. The van der Waals surface area contributed by atoms with E-state index in [-0.39, 0.29) is 6.03 Å². The van der Waals surface area contributed by atoms with Crippen LogP contribution >= 0.6 is 0 Å². The average molecular weight is 253 g/mol. The van der Waals surface area contributed by atoms with Gasteiger partial charge in [-0.05, 0) is 50.1 Å². The van der Waals surface area contributed by atoms with Gasteiger partial charge in [0, 0.05) is 19.6 Å². The Bertz CT molecular complexity index is 282. The maximum Gasteiger partial charge on any atom is 0.317 e. The molecular weight excluding hydrogens is 226 g/mol. The fraction of sp³-hybridized carbons (Fsp3) is 0.929. The van der Waals surface area contributed by atoms with Crippen LogP contribution < -0.4 is 10.6 Å². The van der Waals surface area contributed by atoms with Crippen molar-refractivity contribution in [3.63, 3.8) is 0 Å². The van der Waals surface area contributed by atoms with Crippen molar-refractivity contribution in [2.24, 2.45) is 17.8 Å². The van der Waals surface area contributed by atoms with Gasteiger partial charge in [0.05, 0.1) is 0 Å². The summed E-state index contributed by atoms with van der Waals surface area (Å²) in [5.74, 6) is 1.96. The molecule has 0 aromatic rings. The fourth-order valence-electron chi connectivity index (χ4n) is 3.08. The lowest BCUT2D eigenvalue weighted by Crippen LogP contribution is -2.48. The Morgan fingerprint density at radius 3 is 2.94 bits per heavy atom. The monoisotopic (exact) mass is 253 g/mol. The number of amides is 2. The zero-order valence-electron chi connectivity index (χ0n) is 11.7. The zero-order valence-corrected chi connectivity index (χ0v) is 11.7. The van der Waals surface area contributed by atoms with Gasteiger partial charge in [0.1, 0.15) is 0 Å². The molecule has 2 amide bonds. The molecule has 2 heterocycles. The zero-order chi connectivity index (χ0) is 13.0. The standard InChI is InChI=1S/C14H27N3O/c1-11-4-3-7-17(10-11)14(18)16-9-13-5-6-15-8-12(13)2/h11-13,15H,3-10H2,1-2H3,(H,16,18). The Labute approximate surface area is 110 Å². The maximum absolute atomic E-state index is 12.1. The SMILES string of the molecule is CC1CCCN(C(=O)NCC2CCNCC2C)C1. The van der Waals surface area contributed by atoms with E-state index in [2.05, 4.69) is 24.5 Å². The van der Waals surface area contributed by atoms with E-state index < -0.39 is 0 Å². The molecule has 0 aliphatic carbocycles. The van der Waals surface area contributed by atoms with Crippen LogP contribution in [0.25, 0.3) is 0 Å². The number of piperidine rings is 2. The summed E-state index contributed by atoms with van der Waals surface area (Å²) in [6.07, 6.45) is 3.59. The van der Waals surface area contributed by atoms with Crippen molar-refractivity contribution >= 4 is 6.03 Å². The smallest absolute Gasteiger partial charge is 0.317 e. The summed E-state index contributed by atoms with van der Waals surface area (Å²) in [4.78, 5) is 14.1. The highest BCUT2D eigenvalue weighted by Gasteiger charge is 2.24. The third kappa shape index (κ3) is 3.61. The number of nitrogens with one attached hydrogen (secondary N) is 2. The highest BCUT2D eigenvalue weighted by atomic mass is 16.2. The first-order chi connectivity index (χ1) is 8.66. The van der Waals surface area contributed by atoms with E-state index >= 15 is 0 Å².